The van der Waals surface area contributed by atoms with Gasteiger partial charge in [-0.15, -0.1) is 0 Å². The first-order valence-electron chi connectivity index (χ1n) is 7.90. The fourth-order valence-corrected chi connectivity index (χ4v) is 4.38. The molecule has 1 aromatic carbocycles. The quantitative estimate of drug-likeness (QED) is 0.797. The number of likely N-dealkylation sites (tertiary alicyclic amines) is 1. The smallest absolute Gasteiger partial charge is 0.152 e. The SMILES string of the molecule is [O-][S+](c1ccccc1)C1CCN(CCc2ccncc2)CC1. The summed E-state index contributed by atoms with van der Waals surface area (Å²) in [6.07, 6.45) is 6.82. The molecule has 1 atom stereocenters. The van der Waals surface area contributed by atoms with Crippen LogP contribution in [0.2, 0.25) is 0 Å². The van der Waals surface area contributed by atoms with Gasteiger partial charge >= 0.3 is 0 Å². The molecular formula is C18H22N2OS. The van der Waals surface area contributed by atoms with Gasteiger partial charge in [0.2, 0.25) is 0 Å². The first-order valence-corrected chi connectivity index (χ1v) is 9.11. The van der Waals surface area contributed by atoms with E-state index in [-0.39, 0.29) is 0 Å². The van der Waals surface area contributed by atoms with Gasteiger partial charge in [0.25, 0.3) is 0 Å². The summed E-state index contributed by atoms with van der Waals surface area (Å²) >= 11 is -0.860. The van der Waals surface area contributed by atoms with Gasteiger partial charge in [0.15, 0.2) is 4.90 Å². The normalized spacial score (nSPS) is 18.2. The zero-order valence-electron chi connectivity index (χ0n) is 12.7. The minimum Gasteiger partial charge on any atom is -0.611 e. The molecule has 116 valence electrons. The van der Waals surface area contributed by atoms with Crippen molar-refractivity contribution in [2.75, 3.05) is 19.6 Å². The number of hydrogen-bond donors (Lipinski definition) is 0. The van der Waals surface area contributed by atoms with E-state index in [1.807, 2.05) is 42.7 Å². The number of hydrogen-bond acceptors (Lipinski definition) is 3. The summed E-state index contributed by atoms with van der Waals surface area (Å²) in [7, 11) is 0. The third kappa shape index (κ3) is 4.09. The minimum absolute atomic E-state index is 0.305. The van der Waals surface area contributed by atoms with Crippen LogP contribution in [-0.4, -0.2) is 39.3 Å². The van der Waals surface area contributed by atoms with Gasteiger partial charge in [0.1, 0.15) is 5.25 Å². The standard InChI is InChI=1S/C18H22N2OS/c21-22(17-4-2-1-3-5-17)18-9-14-20(15-10-18)13-8-16-6-11-19-12-7-16/h1-7,11-12,18H,8-10,13-15H2. The van der Waals surface area contributed by atoms with Crippen LogP contribution < -0.4 is 0 Å². The maximum absolute atomic E-state index is 12.6. The summed E-state index contributed by atoms with van der Waals surface area (Å²) in [4.78, 5) is 7.51. The lowest BCUT2D eigenvalue weighted by Gasteiger charge is -2.32. The Morgan fingerprint density at radius 1 is 1.05 bits per heavy atom. The van der Waals surface area contributed by atoms with Gasteiger partial charge in [-0.1, -0.05) is 18.2 Å². The van der Waals surface area contributed by atoms with Crippen molar-refractivity contribution in [1.29, 1.82) is 0 Å². The summed E-state index contributed by atoms with van der Waals surface area (Å²) in [6.45, 7) is 3.18. The second-order valence-electron chi connectivity index (χ2n) is 5.76. The van der Waals surface area contributed by atoms with Crippen molar-refractivity contribution in [2.24, 2.45) is 0 Å². The Labute approximate surface area is 135 Å². The Kier molecular flexibility index (Phi) is 5.48. The molecule has 4 heteroatoms. The van der Waals surface area contributed by atoms with E-state index in [1.54, 1.807) is 0 Å². The number of aromatic nitrogens is 1. The van der Waals surface area contributed by atoms with Crippen LogP contribution in [0.25, 0.3) is 0 Å². The monoisotopic (exact) mass is 314 g/mol. The highest BCUT2D eigenvalue weighted by Gasteiger charge is 2.29. The Bertz CT molecular complexity index is 556. The van der Waals surface area contributed by atoms with Crippen LogP contribution in [-0.2, 0) is 17.6 Å². The zero-order valence-corrected chi connectivity index (χ0v) is 13.5. The van der Waals surface area contributed by atoms with Crippen molar-refractivity contribution in [2.45, 2.75) is 29.4 Å². The van der Waals surface area contributed by atoms with Crippen molar-refractivity contribution in [3.05, 3.63) is 60.4 Å². The number of rotatable bonds is 5. The lowest BCUT2D eigenvalue weighted by atomic mass is 10.1. The second kappa shape index (κ2) is 7.77. The molecule has 1 aromatic heterocycles. The van der Waals surface area contributed by atoms with Gasteiger partial charge in [-0.05, 0) is 47.4 Å². The summed E-state index contributed by atoms with van der Waals surface area (Å²) in [5, 5.41) is 0.305. The van der Waals surface area contributed by atoms with Crippen LogP contribution >= 0.6 is 0 Å². The van der Waals surface area contributed by atoms with E-state index < -0.39 is 11.2 Å². The third-order valence-corrected chi connectivity index (χ3v) is 6.09. The topological polar surface area (TPSA) is 39.2 Å². The highest BCUT2D eigenvalue weighted by Crippen LogP contribution is 2.24. The van der Waals surface area contributed by atoms with Crippen LogP contribution in [0.3, 0.4) is 0 Å². The molecule has 0 aliphatic carbocycles. The summed E-state index contributed by atoms with van der Waals surface area (Å²) in [5.74, 6) is 0. The predicted molar refractivity (Wildman–Crippen MR) is 90.3 cm³/mol. The molecule has 1 aliphatic rings. The molecule has 0 N–H and O–H groups in total. The molecule has 1 aliphatic heterocycles. The highest BCUT2D eigenvalue weighted by atomic mass is 32.2. The minimum atomic E-state index is -0.860. The van der Waals surface area contributed by atoms with E-state index in [9.17, 15) is 4.55 Å². The Morgan fingerprint density at radius 2 is 1.73 bits per heavy atom. The molecule has 1 unspecified atom stereocenters. The van der Waals surface area contributed by atoms with Crippen LogP contribution in [0.15, 0.2) is 59.8 Å². The molecule has 0 bridgehead atoms. The fourth-order valence-electron chi connectivity index (χ4n) is 2.93. The van der Waals surface area contributed by atoms with E-state index in [0.29, 0.717) is 5.25 Å². The Balaban J connectivity index is 1.46. The van der Waals surface area contributed by atoms with Gasteiger partial charge in [0, 0.05) is 44.9 Å². The molecule has 0 saturated carbocycles. The fraction of sp³-hybridized carbons (Fsp3) is 0.389. The molecule has 0 radical (unpaired) electrons. The van der Waals surface area contributed by atoms with Crippen LogP contribution in [0.1, 0.15) is 18.4 Å². The molecular weight excluding hydrogens is 292 g/mol. The Morgan fingerprint density at radius 3 is 2.41 bits per heavy atom. The van der Waals surface area contributed by atoms with Crippen molar-refractivity contribution < 1.29 is 4.55 Å². The molecule has 0 amide bonds. The van der Waals surface area contributed by atoms with Gasteiger partial charge < -0.3 is 9.45 Å². The molecule has 0 spiro atoms. The van der Waals surface area contributed by atoms with Gasteiger partial charge in [-0.25, -0.2) is 0 Å². The van der Waals surface area contributed by atoms with E-state index >= 15 is 0 Å². The second-order valence-corrected chi connectivity index (χ2v) is 7.49. The van der Waals surface area contributed by atoms with Crippen molar-refractivity contribution in [3.63, 3.8) is 0 Å². The van der Waals surface area contributed by atoms with Crippen LogP contribution in [0.4, 0.5) is 0 Å². The average Bonchev–Trinajstić information content (AvgIpc) is 2.61. The molecule has 3 nitrogen and oxygen atoms in total. The van der Waals surface area contributed by atoms with Crippen molar-refractivity contribution >= 4 is 11.2 Å². The third-order valence-electron chi connectivity index (χ3n) is 4.28. The maximum atomic E-state index is 12.6. The predicted octanol–water partition coefficient (Wildman–Crippen LogP) is 2.90. The first-order chi connectivity index (χ1) is 10.8. The largest absolute Gasteiger partial charge is 0.611 e. The van der Waals surface area contributed by atoms with E-state index in [2.05, 4.69) is 22.0 Å². The number of piperidine rings is 1. The number of nitrogens with zero attached hydrogens (tertiary/aromatic N) is 2. The van der Waals surface area contributed by atoms with E-state index in [0.717, 1.165) is 43.8 Å². The maximum Gasteiger partial charge on any atom is 0.152 e. The van der Waals surface area contributed by atoms with Crippen LogP contribution in [0.5, 0.6) is 0 Å². The van der Waals surface area contributed by atoms with E-state index in [1.165, 1.54) is 5.56 Å². The van der Waals surface area contributed by atoms with Gasteiger partial charge in [-0.3, -0.25) is 4.98 Å². The molecule has 22 heavy (non-hydrogen) atoms. The Hall–Kier alpha value is -1.36. The zero-order chi connectivity index (χ0) is 15.2. The summed E-state index contributed by atoms with van der Waals surface area (Å²) in [6, 6.07) is 14.0. The number of benzene rings is 1. The lowest BCUT2D eigenvalue weighted by molar-refractivity contribution is 0.232. The van der Waals surface area contributed by atoms with E-state index in [4.69, 9.17) is 0 Å². The van der Waals surface area contributed by atoms with Gasteiger partial charge in [0.05, 0.1) is 0 Å². The lowest BCUT2D eigenvalue weighted by Crippen LogP contribution is -2.40. The van der Waals surface area contributed by atoms with Gasteiger partial charge in [-0.2, -0.15) is 0 Å². The van der Waals surface area contributed by atoms with Crippen molar-refractivity contribution in [1.82, 2.24) is 9.88 Å². The average molecular weight is 314 g/mol. The molecule has 2 aromatic rings. The van der Waals surface area contributed by atoms with Crippen molar-refractivity contribution in [3.8, 4) is 0 Å². The molecule has 1 fully saturated rings. The molecule has 2 heterocycles. The molecule has 1 saturated heterocycles. The van der Waals surface area contributed by atoms with Crippen LogP contribution in [0, 0.1) is 0 Å². The summed E-state index contributed by atoms with van der Waals surface area (Å²) < 4.78 is 12.6. The first kappa shape index (κ1) is 15.5. The highest BCUT2D eigenvalue weighted by molar-refractivity contribution is 7.92. The summed E-state index contributed by atoms with van der Waals surface area (Å²) in [5.41, 5.74) is 1.34. The number of pyridine rings is 1. The molecule has 3 rings (SSSR count).